The Morgan fingerprint density at radius 1 is 0.951 bits per heavy atom. The van der Waals surface area contributed by atoms with Crippen molar-refractivity contribution >= 4 is 17.7 Å². The summed E-state index contributed by atoms with van der Waals surface area (Å²) >= 11 is 0. The van der Waals surface area contributed by atoms with Crippen LogP contribution in [-0.2, 0) is 34.9 Å². The molecule has 1 aromatic rings. The molecule has 2 fully saturated rings. The van der Waals surface area contributed by atoms with E-state index >= 15 is 0 Å². The molecule has 0 aromatic heterocycles. The Morgan fingerprint density at radius 2 is 1.56 bits per heavy atom. The number of aliphatic hydroxyl groups is 1. The van der Waals surface area contributed by atoms with E-state index in [0.29, 0.717) is 12.3 Å². The molecule has 232 valence electrons. The number of methoxy groups -OCH3 is 1. The van der Waals surface area contributed by atoms with Crippen LogP contribution in [0.5, 0.6) is 0 Å². The molecule has 2 heterocycles. The van der Waals surface area contributed by atoms with Gasteiger partial charge in [0.1, 0.15) is 18.3 Å². The third-order valence-corrected chi connectivity index (χ3v) is 7.52. The normalized spacial score (nSPS) is 23.6. The molecule has 0 saturated carbocycles. The summed E-state index contributed by atoms with van der Waals surface area (Å²) in [5, 5.41) is 15.7. The van der Waals surface area contributed by atoms with E-state index in [4.69, 9.17) is 18.9 Å². The Labute approximate surface area is 244 Å². The number of hydrogen-bond acceptors (Lipinski definition) is 8. The molecule has 2 aliphatic heterocycles. The molecule has 0 bridgehead atoms. The van der Waals surface area contributed by atoms with Gasteiger partial charge in [0.25, 0.3) is 0 Å². The summed E-state index contributed by atoms with van der Waals surface area (Å²) in [6, 6.07) is 5.62. The second-order valence-corrected chi connectivity index (χ2v) is 11.4. The molecule has 1 aromatic carbocycles. The van der Waals surface area contributed by atoms with Gasteiger partial charge in [-0.05, 0) is 38.0 Å². The standard InChI is InChI=1S/C31H50N2O8/c1-5-6-7-8-9-10-11-12-13-14-19-38-29-28-27(40-31(2,3)41-28)26(39-29)24(21-34)33-30(36)32-23-17-15-22(16-18-23)20-25(35)37-4/h15-18,24,26-29,34H,5-14,19-21H2,1-4H3,(H2,32,33,36)/t24-,26+,27-,28-,29-/m0/s1. The van der Waals surface area contributed by atoms with E-state index in [1.807, 2.05) is 13.8 Å². The molecule has 0 spiro atoms. The van der Waals surface area contributed by atoms with E-state index in [0.717, 1.165) is 18.4 Å². The van der Waals surface area contributed by atoms with E-state index in [1.165, 1.54) is 58.5 Å². The summed E-state index contributed by atoms with van der Waals surface area (Å²) in [7, 11) is 1.34. The summed E-state index contributed by atoms with van der Waals surface area (Å²) < 4.78 is 29.1. The van der Waals surface area contributed by atoms with Gasteiger partial charge in [0, 0.05) is 12.3 Å². The van der Waals surface area contributed by atoms with E-state index < -0.39 is 42.5 Å². The van der Waals surface area contributed by atoms with Gasteiger partial charge in [-0.1, -0.05) is 76.8 Å². The molecule has 5 atom stereocenters. The van der Waals surface area contributed by atoms with Crippen LogP contribution in [-0.4, -0.2) is 73.9 Å². The highest BCUT2D eigenvalue weighted by molar-refractivity contribution is 5.89. The van der Waals surface area contributed by atoms with Crippen molar-refractivity contribution in [2.24, 2.45) is 0 Å². The van der Waals surface area contributed by atoms with Gasteiger partial charge in [0.15, 0.2) is 12.1 Å². The van der Waals surface area contributed by atoms with Crippen molar-refractivity contribution in [1.29, 1.82) is 0 Å². The first-order valence-electron chi connectivity index (χ1n) is 15.2. The molecule has 0 radical (unpaired) electrons. The average molecular weight is 579 g/mol. The fourth-order valence-corrected chi connectivity index (χ4v) is 5.35. The summed E-state index contributed by atoms with van der Waals surface area (Å²) in [4.78, 5) is 24.2. The monoisotopic (exact) mass is 578 g/mol. The highest BCUT2D eigenvalue weighted by atomic mass is 16.8. The number of ether oxygens (including phenoxy) is 5. The highest BCUT2D eigenvalue weighted by Crippen LogP contribution is 2.40. The van der Waals surface area contributed by atoms with Gasteiger partial charge in [-0.3, -0.25) is 4.79 Å². The molecule has 2 amide bonds. The number of carbonyl (C=O) groups is 2. The summed E-state index contributed by atoms with van der Waals surface area (Å²) in [5.41, 5.74) is 1.31. The van der Waals surface area contributed by atoms with Crippen LogP contribution in [0.3, 0.4) is 0 Å². The molecule has 10 nitrogen and oxygen atoms in total. The van der Waals surface area contributed by atoms with Crippen LogP contribution < -0.4 is 10.6 Å². The van der Waals surface area contributed by atoms with E-state index in [2.05, 4.69) is 22.3 Å². The van der Waals surface area contributed by atoms with Crippen molar-refractivity contribution in [1.82, 2.24) is 5.32 Å². The molecule has 41 heavy (non-hydrogen) atoms. The Bertz CT molecular complexity index is 925. The van der Waals surface area contributed by atoms with Crippen LogP contribution in [0.15, 0.2) is 24.3 Å². The third kappa shape index (κ3) is 10.8. The fraction of sp³-hybridized carbons (Fsp3) is 0.742. The largest absolute Gasteiger partial charge is 0.469 e. The zero-order valence-electron chi connectivity index (χ0n) is 25.2. The number of hydrogen-bond donors (Lipinski definition) is 3. The van der Waals surface area contributed by atoms with Gasteiger partial charge >= 0.3 is 12.0 Å². The highest BCUT2D eigenvalue weighted by Gasteiger charge is 2.57. The summed E-state index contributed by atoms with van der Waals surface area (Å²) in [5.74, 6) is -1.17. The Hall–Kier alpha value is -2.24. The molecular formula is C31H50N2O8. The number of benzene rings is 1. The first kappa shape index (κ1) is 33.3. The van der Waals surface area contributed by atoms with Gasteiger partial charge < -0.3 is 39.4 Å². The number of unbranched alkanes of at least 4 members (excludes halogenated alkanes) is 9. The van der Waals surface area contributed by atoms with Crippen molar-refractivity contribution in [3.8, 4) is 0 Å². The number of fused-ring (bicyclic) bond motifs is 1. The molecule has 10 heteroatoms. The van der Waals surface area contributed by atoms with Gasteiger partial charge in [-0.25, -0.2) is 4.79 Å². The lowest BCUT2D eigenvalue weighted by Gasteiger charge is -2.28. The number of anilines is 1. The topological polar surface area (TPSA) is 125 Å². The predicted molar refractivity (Wildman–Crippen MR) is 155 cm³/mol. The van der Waals surface area contributed by atoms with Crippen molar-refractivity contribution in [2.45, 2.75) is 128 Å². The number of nitrogens with one attached hydrogen (secondary N) is 2. The zero-order chi connectivity index (χ0) is 29.7. The lowest BCUT2D eigenvalue weighted by Crippen LogP contribution is -2.52. The smallest absolute Gasteiger partial charge is 0.319 e. The minimum atomic E-state index is -0.829. The summed E-state index contributed by atoms with van der Waals surface area (Å²) in [6.45, 7) is 6.10. The number of esters is 1. The first-order chi connectivity index (χ1) is 19.8. The Morgan fingerprint density at radius 3 is 2.17 bits per heavy atom. The van der Waals surface area contributed by atoms with Crippen LogP contribution in [0.2, 0.25) is 0 Å². The van der Waals surface area contributed by atoms with Crippen molar-refractivity contribution in [3.63, 3.8) is 0 Å². The van der Waals surface area contributed by atoms with Crippen molar-refractivity contribution in [2.75, 3.05) is 25.6 Å². The van der Waals surface area contributed by atoms with E-state index in [9.17, 15) is 14.7 Å². The second-order valence-electron chi connectivity index (χ2n) is 11.4. The quantitative estimate of drug-likeness (QED) is 0.163. The maximum Gasteiger partial charge on any atom is 0.319 e. The number of rotatable bonds is 18. The average Bonchev–Trinajstić information content (AvgIpc) is 3.44. The number of amides is 2. The van der Waals surface area contributed by atoms with Gasteiger partial charge in [0.05, 0.1) is 26.2 Å². The molecule has 0 aliphatic carbocycles. The molecule has 3 N–H and O–H groups in total. The van der Waals surface area contributed by atoms with Crippen LogP contribution >= 0.6 is 0 Å². The van der Waals surface area contributed by atoms with Crippen molar-refractivity contribution < 1.29 is 38.4 Å². The predicted octanol–water partition coefficient (Wildman–Crippen LogP) is 5.07. The number of carbonyl (C=O) groups excluding carboxylic acids is 2. The van der Waals surface area contributed by atoms with Crippen LogP contribution in [0.25, 0.3) is 0 Å². The van der Waals surface area contributed by atoms with Crippen LogP contribution in [0.4, 0.5) is 10.5 Å². The van der Waals surface area contributed by atoms with Crippen LogP contribution in [0, 0.1) is 0 Å². The lowest BCUT2D eigenvalue weighted by molar-refractivity contribution is -0.237. The van der Waals surface area contributed by atoms with Crippen LogP contribution in [0.1, 0.15) is 90.5 Å². The fourth-order valence-electron chi connectivity index (χ4n) is 5.35. The van der Waals surface area contributed by atoms with Gasteiger partial charge in [-0.2, -0.15) is 0 Å². The third-order valence-electron chi connectivity index (χ3n) is 7.52. The minimum Gasteiger partial charge on any atom is -0.469 e. The summed E-state index contributed by atoms with van der Waals surface area (Å²) in [6.07, 6.45) is 10.3. The Kier molecular flexibility index (Phi) is 13.8. The number of urea groups is 1. The van der Waals surface area contributed by atoms with E-state index in [1.54, 1.807) is 24.3 Å². The minimum absolute atomic E-state index is 0.151. The SMILES string of the molecule is CCCCCCCCCCCCO[C@H]1O[C@H]([C@H](CO)NC(=O)Nc2ccc(CC(=O)OC)cc2)[C@@H]2OC(C)(C)O[C@H]12. The molecule has 2 saturated heterocycles. The second kappa shape index (κ2) is 17.0. The van der Waals surface area contributed by atoms with E-state index in [-0.39, 0.29) is 19.0 Å². The van der Waals surface area contributed by atoms with Gasteiger partial charge in [0.2, 0.25) is 0 Å². The number of aliphatic hydroxyl groups excluding tert-OH is 1. The first-order valence-corrected chi connectivity index (χ1v) is 15.2. The molecule has 0 unspecified atom stereocenters. The maximum atomic E-state index is 12.8. The molecule has 3 rings (SSSR count). The Balaban J connectivity index is 1.45. The molecular weight excluding hydrogens is 528 g/mol. The lowest BCUT2D eigenvalue weighted by atomic mass is 10.0. The maximum absolute atomic E-state index is 12.8. The molecule has 2 aliphatic rings. The van der Waals surface area contributed by atoms with Gasteiger partial charge in [-0.15, -0.1) is 0 Å². The van der Waals surface area contributed by atoms with Crippen molar-refractivity contribution in [3.05, 3.63) is 29.8 Å². The zero-order valence-corrected chi connectivity index (χ0v) is 25.2.